The molecule has 0 unspecified atom stereocenters. The monoisotopic (exact) mass is 410 g/mol. The molecule has 0 aromatic heterocycles. The third kappa shape index (κ3) is 3.92. The van der Waals surface area contributed by atoms with Crippen LogP contribution in [-0.4, -0.2) is 18.9 Å². The molecule has 1 saturated carbocycles. The fourth-order valence-corrected chi connectivity index (χ4v) is 3.60. The minimum atomic E-state index is -4.24. The van der Waals surface area contributed by atoms with Crippen LogP contribution in [0.4, 0.5) is 0 Å². The molecular weight excluding hydrogens is 395 g/mol. The van der Waals surface area contributed by atoms with Crippen molar-refractivity contribution in [2.45, 2.75) is 37.0 Å². The molecule has 0 saturated heterocycles. The van der Waals surface area contributed by atoms with Gasteiger partial charge in [0.25, 0.3) is 10.1 Å². The molecule has 1 fully saturated rings. The summed E-state index contributed by atoms with van der Waals surface area (Å²) < 4.78 is 36.8. The third-order valence-corrected chi connectivity index (χ3v) is 5.04. The zero-order chi connectivity index (χ0) is 14.8. The van der Waals surface area contributed by atoms with Gasteiger partial charge in [0, 0.05) is 0 Å². The van der Waals surface area contributed by atoms with E-state index < -0.39 is 10.1 Å². The van der Waals surface area contributed by atoms with Crippen LogP contribution >= 0.6 is 22.6 Å². The van der Waals surface area contributed by atoms with Crippen LogP contribution in [0.25, 0.3) is 0 Å². The van der Waals surface area contributed by atoms with Crippen molar-refractivity contribution in [3.63, 3.8) is 0 Å². The Bertz CT molecular complexity index is 605. The molecule has 0 radical (unpaired) electrons. The summed E-state index contributed by atoms with van der Waals surface area (Å²) >= 11 is 1.88. The first kappa shape index (κ1) is 15.7. The number of hydrogen-bond donors (Lipinski definition) is 1. The van der Waals surface area contributed by atoms with Crippen molar-refractivity contribution < 1.29 is 22.5 Å². The van der Waals surface area contributed by atoms with Crippen LogP contribution in [0.5, 0.6) is 5.75 Å². The van der Waals surface area contributed by atoms with E-state index in [-0.39, 0.29) is 16.8 Å². The Balaban J connectivity index is 2.11. The summed E-state index contributed by atoms with van der Waals surface area (Å²) in [6.45, 7) is 0. The van der Waals surface area contributed by atoms with Crippen LogP contribution in [0.3, 0.4) is 0 Å². The summed E-state index contributed by atoms with van der Waals surface area (Å²) in [5, 5.41) is 0. The Morgan fingerprint density at radius 3 is 2.45 bits per heavy atom. The van der Waals surface area contributed by atoms with E-state index in [9.17, 15) is 13.2 Å². The van der Waals surface area contributed by atoms with Gasteiger partial charge in [0.05, 0.1) is 14.4 Å². The van der Waals surface area contributed by atoms with Crippen molar-refractivity contribution in [2.75, 3.05) is 0 Å². The maximum Gasteiger partial charge on any atom is 0.314 e. The molecule has 1 aliphatic rings. The zero-order valence-corrected chi connectivity index (χ0v) is 13.7. The minimum Gasteiger partial charge on any atom is -0.425 e. The predicted octanol–water partition coefficient (Wildman–Crippen LogP) is 3.02. The fourth-order valence-electron chi connectivity index (χ4n) is 2.25. The Hall–Kier alpha value is -0.670. The quantitative estimate of drug-likeness (QED) is 0.359. The molecule has 5 nitrogen and oxygen atoms in total. The van der Waals surface area contributed by atoms with Gasteiger partial charge in [-0.3, -0.25) is 9.35 Å². The highest BCUT2D eigenvalue weighted by Gasteiger charge is 2.24. The molecule has 1 aromatic rings. The summed E-state index contributed by atoms with van der Waals surface area (Å²) in [4.78, 5) is 11.8. The third-order valence-electron chi connectivity index (χ3n) is 3.35. The summed E-state index contributed by atoms with van der Waals surface area (Å²) in [7, 11) is -4.24. The van der Waals surface area contributed by atoms with E-state index in [2.05, 4.69) is 0 Å². The fraction of sp³-hybridized carbons (Fsp3) is 0.462. The first-order valence-corrected chi connectivity index (χ1v) is 8.88. The Morgan fingerprint density at radius 2 is 1.90 bits per heavy atom. The molecule has 1 aromatic carbocycles. The molecular formula is C13H15IO5S. The first-order chi connectivity index (χ1) is 9.38. The molecule has 1 N–H and O–H groups in total. The van der Waals surface area contributed by atoms with Crippen molar-refractivity contribution in [3.8, 4) is 5.75 Å². The second-order valence-corrected chi connectivity index (χ2v) is 7.41. The van der Waals surface area contributed by atoms with Crippen molar-refractivity contribution in [1.82, 2.24) is 0 Å². The Labute approximate surface area is 131 Å². The van der Waals surface area contributed by atoms with Gasteiger partial charge in [-0.05, 0) is 53.6 Å². The highest BCUT2D eigenvalue weighted by Crippen LogP contribution is 2.28. The molecule has 0 bridgehead atoms. The van der Waals surface area contributed by atoms with E-state index in [1.807, 2.05) is 22.6 Å². The topological polar surface area (TPSA) is 80.7 Å². The van der Waals surface area contributed by atoms with E-state index in [0.717, 1.165) is 32.1 Å². The number of rotatable bonds is 3. The van der Waals surface area contributed by atoms with Crippen LogP contribution in [0.15, 0.2) is 23.1 Å². The van der Waals surface area contributed by atoms with Gasteiger partial charge in [0.2, 0.25) is 0 Å². The Kier molecular flexibility index (Phi) is 5.03. The van der Waals surface area contributed by atoms with Crippen LogP contribution < -0.4 is 4.74 Å². The van der Waals surface area contributed by atoms with E-state index in [0.29, 0.717) is 9.32 Å². The standard InChI is InChI=1S/C13H15IO5S/c14-11-8-10(20(16,17)18)6-7-12(11)19-13(15)9-4-2-1-3-5-9/h6-9H,1-5H2,(H,16,17,18). The van der Waals surface area contributed by atoms with Gasteiger partial charge in [0.15, 0.2) is 0 Å². The van der Waals surface area contributed by atoms with E-state index in [4.69, 9.17) is 9.29 Å². The first-order valence-electron chi connectivity index (χ1n) is 6.36. The SMILES string of the molecule is O=C(Oc1ccc(S(=O)(=O)O)cc1I)C1CCCCC1. The van der Waals surface area contributed by atoms with Crippen LogP contribution in [-0.2, 0) is 14.9 Å². The van der Waals surface area contributed by atoms with Gasteiger partial charge in [-0.25, -0.2) is 0 Å². The summed E-state index contributed by atoms with van der Waals surface area (Å²) in [6.07, 6.45) is 4.93. The summed E-state index contributed by atoms with van der Waals surface area (Å²) in [5.74, 6) is -0.00315. The molecule has 2 rings (SSSR count). The average Bonchev–Trinajstić information content (AvgIpc) is 2.41. The maximum atomic E-state index is 12.0. The molecule has 0 heterocycles. The normalized spacial score (nSPS) is 16.9. The van der Waals surface area contributed by atoms with Crippen molar-refractivity contribution in [2.24, 2.45) is 5.92 Å². The lowest BCUT2D eigenvalue weighted by Crippen LogP contribution is -2.23. The number of halogens is 1. The average molecular weight is 410 g/mol. The lowest BCUT2D eigenvalue weighted by Gasteiger charge is -2.20. The minimum absolute atomic E-state index is 0.0687. The Morgan fingerprint density at radius 1 is 1.25 bits per heavy atom. The van der Waals surface area contributed by atoms with E-state index in [1.54, 1.807) is 0 Å². The lowest BCUT2D eigenvalue weighted by atomic mass is 9.89. The number of carbonyl (C=O) groups excluding carboxylic acids is 1. The van der Waals surface area contributed by atoms with E-state index in [1.165, 1.54) is 18.2 Å². The summed E-state index contributed by atoms with van der Waals surface area (Å²) in [6, 6.07) is 3.89. The zero-order valence-electron chi connectivity index (χ0n) is 10.7. The molecule has 0 spiro atoms. The predicted molar refractivity (Wildman–Crippen MR) is 81.2 cm³/mol. The lowest BCUT2D eigenvalue weighted by molar-refractivity contribution is -0.140. The van der Waals surface area contributed by atoms with Crippen molar-refractivity contribution in [3.05, 3.63) is 21.8 Å². The number of carbonyl (C=O) groups is 1. The van der Waals surface area contributed by atoms with Gasteiger partial charge < -0.3 is 4.74 Å². The maximum absolute atomic E-state index is 12.0. The van der Waals surface area contributed by atoms with Crippen LogP contribution in [0, 0.1) is 9.49 Å². The number of benzene rings is 1. The molecule has 0 aliphatic heterocycles. The smallest absolute Gasteiger partial charge is 0.314 e. The molecule has 110 valence electrons. The molecule has 0 amide bonds. The number of hydrogen-bond acceptors (Lipinski definition) is 4. The van der Waals surface area contributed by atoms with Gasteiger partial charge in [-0.2, -0.15) is 8.42 Å². The second-order valence-electron chi connectivity index (χ2n) is 4.82. The largest absolute Gasteiger partial charge is 0.425 e. The van der Waals surface area contributed by atoms with Crippen LogP contribution in [0.1, 0.15) is 32.1 Å². The second kappa shape index (κ2) is 6.40. The van der Waals surface area contributed by atoms with Crippen molar-refractivity contribution in [1.29, 1.82) is 0 Å². The van der Waals surface area contributed by atoms with Gasteiger partial charge in [-0.15, -0.1) is 0 Å². The van der Waals surface area contributed by atoms with Gasteiger partial charge in [-0.1, -0.05) is 19.3 Å². The molecule has 1 aliphatic carbocycles. The number of ether oxygens (including phenoxy) is 1. The molecule has 7 heteroatoms. The number of esters is 1. The molecule has 0 atom stereocenters. The highest BCUT2D eigenvalue weighted by atomic mass is 127. The van der Waals surface area contributed by atoms with E-state index >= 15 is 0 Å². The van der Waals surface area contributed by atoms with Gasteiger partial charge >= 0.3 is 5.97 Å². The molecule has 20 heavy (non-hydrogen) atoms. The van der Waals surface area contributed by atoms with Gasteiger partial charge in [0.1, 0.15) is 5.75 Å². The summed E-state index contributed by atoms with van der Waals surface area (Å²) in [5.41, 5.74) is 0. The highest BCUT2D eigenvalue weighted by molar-refractivity contribution is 14.1. The van der Waals surface area contributed by atoms with Crippen molar-refractivity contribution >= 4 is 38.7 Å². The van der Waals surface area contributed by atoms with Crippen LogP contribution in [0.2, 0.25) is 0 Å².